The van der Waals surface area contributed by atoms with Crippen LogP contribution in [-0.4, -0.2) is 110 Å². The minimum absolute atomic E-state index is 0.107. The van der Waals surface area contributed by atoms with Gasteiger partial charge in [0.05, 0.1) is 72.6 Å². The highest BCUT2D eigenvalue weighted by Crippen LogP contribution is 2.40. The number of benzene rings is 1. The molecule has 6 fully saturated rings. The predicted molar refractivity (Wildman–Crippen MR) is 209 cm³/mol. The number of hydrogen-bond donors (Lipinski definition) is 1. The van der Waals surface area contributed by atoms with Crippen molar-refractivity contribution < 1.29 is 32.6 Å². The van der Waals surface area contributed by atoms with Crippen LogP contribution in [0.1, 0.15) is 101 Å². The number of nitrogens with one attached hydrogen (secondary N) is 1. The molecule has 4 aromatic rings. The molecule has 0 spiro atoms. The lowest BCUT2D eigenvalue weighted by atomic mass is 9.83. The normalized spacial score (nSPS) is 29.4. The van der Waals surface area contributed by atoms with E-state index in [0.717, 1.165) is 119 Å². The molecule has 58 heavy (non-hydrogen) atoms. The first-order chi connectivity index (χ1) is 28.2. The van der Waals surface area contributed by atoms with E-state index in [0.29, 0.717) is 37.0 Å². The largest absolute Gasteiger partial charge is 0.490 e. The lowest BCUT2D eigenvalue weighted by Crippen LogP contribution is -2.42. The molecule has 1 N–H and O–H groups in total. The Morgan fingerprint density at radius 3 is 2.52 bits per heavy atom. The minimum atomic E-state index is -2.68. The molecule has 10 rings (SSSR count). The third-order valence-electron chi connectivity index (χ3n) is 13.7. The number of amides is 2. The average molecular weight is 802 g/mol. The third-order valence-corrected chi connectivity index (χ3v) is 13.7. The molecule has 16 heteroatoms. The van der Waals surface area contributed by atoms with Crippen LogP contribution in [0, 0.1) is 18.8 Å². The van der Waals surface area contributed by atoms with Gasteiger partial charge in [0.1, 0.15) is 23.3 Å². The van der Waals surface area contributed by atoms with E-state index in [9.17, 15) is 18.4 Å². The van der Waals surface area contributed by atoms with Crippen molar-refractivity contribution in [2.75, 3.05) is 44.3 Å². The van der Waals surface area contributed by atoms with Gasteiger partial charge >= 0.3 is 0 Å². The van der Waals surface area contributed by atoms with Gasteiger partial charge in [-0.3, -0.25) is 24.3 Å². The molecular formula is C42H53F2N9O5. The molecule has 2 bridgehead atoms. The number of aromatic nitrogens is 6. The van der Waals surface area contributed by atoms with Gasteiger partial charge < -0.3 is 24.0 Å². The molecule has 2 saturated carbocycles. The Balaban J connectivity index is 0.660. The maximum Gasteiger partial charge on any atom is 0.284 e. The van der Waals surface area contributed by atoms with Crippen LogP contribution in [0.5, 0.6) is 5.75 Å². The smallest absolute Gasteiger partial charge is 0.284 e. The molecule has 0 radical (unpaired) electrons. The number of alkyl halides is 2. The standard InChI is InChI=1S/C42H53F2N9O5/c1-25-39-33(52(47-25)34-9-10-37(54)46-42(34)55)3-2-4-36(39)58-31-17-27(18-31)23-56-30-12-15-49(16-13-30)20-26-5-7-28(8-6-26)51-22-35(40(48-51)41(43)44)53-38(11-14-45-53)50-21-32-19-29(50)24-57-32/h2-4,11,14,22,26-32,34,41H,5-10,12-13,15-21,23-24H2,1H3,(H,46,54,55)/t26?,27?,28?,29-,31?,32-,34-/m1/s1. The van der Waals surface area contributed by atoms with Gasteiger partial charge in [-0.25, -0.2) is 13.5 Å². The minimum Gasteiger partial charge on any atom is -0.490 e. The summed E-state index contributed by atoms with van der Waals surface area (Å²) in [5.41, 5.74) is 1.82. The number of nitrogens with zero attached hydrogens (tertiary/aromatic N) is 8. The maximum absolute atomic E-state index is 14.3. The number of morpholine rings is 1. The Bertz CT molecular complexity index is 2130. The van der Waals surface area contributed by atoms with Crippen molar-refractivity contribution in [3.63, 3.8) is 0 Å². The second kappa shape index (κ2) is 15.6. The fourth-order valence-corrected chi connectivity index (χ4v) is 10.4. The molecule has 4 saturated heterocycles. The molecule has 2 aliphatic carbocycles. The van der Waals surface area contributed by atoms with Gasteiger partial charge in [-0.1, -0.05) is 6.07 Å². The van der Waals surface area contributed by atoms with Crippen LogP contribution in [0.4, 0.5) is 14.6 Å². The molecule has 2 amide bonds. The number of halogens is 2. The summed E-state index contributed by atoms with van der Waals surface area (Å²) in [5.74, 6) is 2.14. The Morgan fingerprint density at radius 1 is 0.948 bits per heavy atom. The number of carbonyl (C=O) groups is 2. The second-order valence-electron chi connectivity index (χ2n) is 17.5. The monoisotopic (exact) mass is 801 g/mol. The average Bonchev–Trinajstić information content (AvgIpc) is 4.06. The summed E-state index contributed by atoms with van der Waals surface area (Å²) in [6.07, 6.45) is 11.0. The Kier molecular flexibility index (Phi) is 10.2. The summed E-state index contributed by atoms with van der Waals surface area (Å²) < 4.78 is 52.5. The zero-order valence-electron chi connectivity index (χ0n) is 33.1. The zero-order chi connectivity index (χ0) is 39.5. The lowest BCUT2D eigenvalue weighted by Gasteiger charge is -2.38. The Hall–Kier alpha value is -4.41. The van der Waals surface area contributed by atoms with E-state index in [1.165, 1.54) is 0 Å². The van der Waals surface area contributed by atoms with E-state index in [1.54, 1.807) is 26.4 Å². The van der Waals surface area contributed by atoms with Crippen molar-refractivity contribution in [1.29, 1.82) is 0 Å². The van der Waals surface area contributed by atoms with Crippen LogP contribution >= 0.6 is 0 Å². The van der Waals surface area contributed by atoms with Gasteiger partial charge in [0.25, 0.3) is 12.3 Å². The van der Waals surface area contributed by atoms with Crippen molar-refractivity contribution >= 4 is 28.5 Å². The molecule has 4 aliphatic heterocycles. The number of rotatable bonds is 12. The predicted octanol–water partition coefficient (Wildman–Crippen LogP) is 5.69. The van der Waals surface area contributed by atoms with Crippen LogP contribution in [0.25, 0.3) is 16.6 Å². The Labute approximate surface area is 336 Å². The summed E-state index contributed by atoms with van der Waals surface area (Å²) in [5, 5.41) is 17.0. The summed E-state index contributed by atoms with van der Waals surface area (Å²) in [6.45, 7) is 7.25. The fraction of sp³-hybridized carbons (Fsp3) is 0.643. The highest BCUT2D eigenvalue weighted by molar-refractivity contribution is 6.00. The first-order valence-electron chi connectivity index (χ1n) is 21.4. The van der Waals surface area contributed by atoms with E-state index in [2.05, 4.69) is 25.3 Å². The van der Waals surface area contributed by atoms with E-state index < -0.39 is 12.5 Å². The summed E-state index contributed by atoms with van der Waals surface area (Å²) in [6, 6.07) is 7.63. The number of imide groups is 1. The number of ether oxygens (including phenoxy) is 3. The quantitative estimate of drug-likeness (QED) is 0.178. The number of piperidine rings is 2. The third kappa shape index (κ3) is 7.29. The number of likely N-dealkylation sites (tertiary alicyclic amines) is 1. The van der Waals surface area contributed by atoms with Crippen molar-refractivity contribution in [2.24, 2.45) is 11.8 Å². The van der Waals surface area contributed by atoms with Gasteiger partial charge in [0, 0.05) is 38.7 Å². The molecule has 6 aliphatic rings. The molecule has 14 nitrogen and oxygen atoms in total. The van der Waals surface area contributed by atoms with Crippen LogP contribution in [0.15, 0.2) is 36.7 Å². The summed E-state index contributed by atoms with van der Waals surface area (Å²) in [7, 11) is 0. The molecule has 3 atom stereocenters. The van der Waals surface area contributed by atoms with E-state index in [4.69, 9.17) is 19.3 Å². The van der Waals surface area contributed by atoms with Crippen LogP contribution in [0.3, 0.4) is 0 Å². The first-order valence-corrected chi connectivity index (χ1v) is 21.4. The highest BCUT2D eigenvalue weighted by atomic mass is 19.3. The fourth-order valence-electron chi connectivity index (χ4n) is 10.4. The van der Waals surface area contributed by atoms with Crippen LogP contribution < -0.4 is 15.0 Å². The van der Waals surface area contributed by atoms with E-state index >= 15 is 0 Å². The molecular weight excluding hydrogens is 749 g/mol. The first kappa shape index (κ1) is 37.8. The molecule has 3 aromatic heterocycles. The molecule has 0 unspecified atom stereocenters. The molecule has 1 aromatic carbocycles. The van der Waals surface area contributed by atoms with Crippen LogP contribution in [-0.2, 0) is 19.1 Å². The molecule has 310 valence electrons. The number of hydrogen-bond acceptors (Lipinski definition) is 10. The lowest BCUT2D eigenvalue weighted by molar-refractivity contribution is -0.135. The number of aryl methyl sites for hydroxylation is 1. The maximum atomic E-state index is 14.3. The topological polar surface area (TPSA) is 134 Å². The number of carbonyl (C=O) groups excluding carboxylic acids is 2. The van der Waals surface area contributed by atoms with Gasteiger partial charge in [-0.15, -0.1) is 0 Å². The second-order valence-corrected chi connectivity index (χ2v) is 17.5. The summed E-state index contributed by atoms with van der Waals surface area (Å²) in [4.78, 5) is 29.1. The SMILES string of the molecule is Cc1nn([C@@H]2CCC(=O)NC2=O)c2cccc(OC3CC(COC4CCN(CC5CCC(n6cc(-n7nccc7N7C[C@H]8C[C@@H]7CO8)c(C(F)F)n6)CC5)CC4)C3)c12. The number of fused-ring (bicyclic) bond motifs is 3. The Morgan fingerprint density at radius 2 is 1.78 bits per heavy atom. The van der Waals surface area contributed by atoms with Gasteiger partial charge in [0.15, 0.2) is 5.69 Å². The number of anilines is 1. The van der Waals surface area contributed by atoms with E-state index in [1.807, 2.05) is 31.2 Å². The van der Waals surface area contributed by atoms with Crippen molar-refractivity contribution in [2.45, 2.75) is 120 Å². The van der Waals surface area contributed by atoms with E-state index in [-0.39, 0.29) is 47.9 Å². The molecule has 7 heterocycles. The van der Waals surface area contributed by atoms with Gasteiger partial charge in [-0.05, 0) is 95.1 Å². The van der Waals surface area contributed by atoms with Crippen molar-refractivity contribution in [3.05, 3.63) is 48.0 Å². The highest BCUT2D eigenvalue weighted by Gasteiger charge is 2.41. The van der Waals surface area contributed by atoms with Crippen LogP contribution in [0.2, 0.25) is 0 Å². The van der Waals surface area contributed by atoms with Crippen molar-refractivity contribution in [1.82, 2.24) is 39.6 Å². The zero-order valence-corrected chi connectivity index (χ0v) is 33.1. The van der Waals surface area contributed by atoms with Gasteiger partial charge in [0.2, 0.25) is 5.91 Å². The van der Waals surface area contributed by atoms with Gasteiger partial charge in [-0.2, -0.15) is 15.3 Å². The van der Waals surface area contributed by atoms with Crippen molar-refractivity contribution in [3.8, 4) is 11.4 Å². The summed E-state index contributed by atoms with van der Waals surface area (Å²) >= 11 is 0.